The third-order valence-electron chi connectivity index (χ3n) is 4.18. The predicted molar refractivity (Wildman–Crippen MR) is 113 cm³/mol. The van der Waals surface area contributed by atoms with Gasteiger partial charge >= 0.3 is 0 Å². The molecule has 3 aromatic rings. The number of unbranched alkanes of at least 4 members (excludes halogenated alkanes) is 1. The highest BCUT2D eigenvalue weighted by Gasteiger charge is 2.13. The van der Waals surface area contributed by atoms with Crippen LogP contribution in [0.4, 0.5) is 10.3 Å². The van der Waals surface area contributed by atoms with Gasteiger partial charge in [-0.15, -0.1) is 0 Å². The van der Waals surface area contributed by atoms with Gasteiger partial charge in [0.05, 0.1) is 18.5 Å². The maximum Gasteiger partial charge on any atom is 0.270 e. The summed E-state index contributed by atoms with van der Waals surface area (Å²) in [5.74, 6) is 0.135. The molecule has 8 heteroatoms. The molecule has 0 bridgehead atoms. The number of nitriles is 1. The van der Waals surface area contributed by atoms with Gasteiger partial charge in [0.2, 0.25) is 5.95 Å². The SMILES string of the molecule is CCCCOc1ccc(F)cc1C=NNc1nc(-c2ccccc2)c(C#N)c(=O)[nH]1. The number of hydrazone groups is 1. The lowest BCUT2D eigenvalue weighted by molar-refractivity contribution is 0.308. The summed E-state index contributed by atoms with van der Waals surface area (Å²) < 4.78 is 19.3. The summed E-state index contributed by atoms with van der Waals surface area (Å²) in [6, 6.07) is 14.9. The molecule has 0 saturated carbocycles. The molecule has 0 unspecified atom stereocenters. The highest BCUT2D eigenvalue weighted by Crippen LogP contribution is 2.20. The summed E-state index contributed by atoms with van der Waals surface area (Å²) in [6.07, 6.45) is 3.24. The van der Waals surface area contributed by atoms with Gasteiger partial charge in [-0.3, -0.25) is 9.78 Å². The highest BCUT2D eigenvalue weighted by atomic mass is 19.1. The lowest BCUT2D eigenvalue weighted by Crippen LogP contribution is -2.16. The van der Waals surface area contributed by atoms with Crippen molar-refractivity contribution in [2.24, 2.45) is 5.10 Å². The third-order valence-corrected chi connectivity index (χ3v) is 4.18. The van der Waals surface area contributed by atoms with Gasteiger partial charge in [-0.2, -0.15) is 10.4 Å². The molecule has 30 heavy (non-hydrogen) atoms. The molecule has 1 heterocycles. The van der Waals surface area contributed by atoms with Crippen LogP contribution in [-0.2, 0) is 0 Å². The average molecular weight is 405 g/mol. The van der Waals surface area contributed by atoms with Crippen molar-refractivity contribution in [3.8, 4) is 23.1 Å². The molecule has 0 atom stereocenters. The van der Waals surface area contributed by atoms with Crippen LogP contribution >= 0.6 is 0 Å². The van der Waals surface area contributed by atoms with E-state index in [0.717, 1.165) is 12.8 Å². The second kappa shape index (κ2) is 9.98. The van der Waals surface area contributed by atoms with E-state index < -0.39 is 11.4 Å². The van der Waals surface area contributed by atoms with Crippen LogP contribution in [0.1, 0.15) is 30.9 Å². The molecule has 0 fully saturated rings. The van der Waals surface area contributed by atoms with E-state index >= 15 is 0 Å². The number of anilines is 1. The molecule has 0 radical (unpaired) electrons. The van der Waals surface area contributed by atoms with Gasteiger partial charge in [-0.25, -0.2) is 14.8 Å². The Morgan fingerprint density at radius 2 is 2.10 bits per heavy atom. The zero-order valence-electron chi connectivity index (χ0n) is 16.4. The Kier molecular flexibility index (Phi) is 6.90. The standard InChI is InChI=1S/C22H20FN5O2/c1-2-3-11-30-19-10-9-17(23)12-16(19)14-25-28-22-26-20(15-7-5-4-6-8-15)18(13-24)21(29)27-22/h4-10,12,14H,2-3,11H2,1H3,(H2,26,27,28,29). The molecule has 1 aromatic heterocycles. The summed E-state index contributed by atoms with van der Waals surface area (Å²) in [5.41, 5.74) is 3.27. The number of hydrogen-bond acceptors (Lipinski definition) is 6. The van der Waals surface area contributed by atoms with Crippen LogP contribution in [0.2, 0.25) is 0 Å². The molecule has 0 saturated heterocycles. The monoisotopic (exact) mass is 405 g/mol. The summed E-state index contributed by atoms with van der Waals surface area (Å²) in [5, 5.41) is 13.3. The summed E-state index contributed by atoms with van der Waals surface area (Å²) in [4.78, 5) is 19.0. The first kappa shape index (κ1) is 20.7. The first-order valence-corrected chi connectivity index (χ1v) is 9.43. The van der Waals surface area contributed by atoms with E-state index in [1.807, 2.05) is 12.1 Å². The first-order chi connectivity index (χ1) is 14.6. The van der Waals surface area contributed by atoms with Crippen LogP contribution in [0.5, 0.6) is 5.75 Å². The van der Waals surface area contributed by atoms with Crippen molar-refractivity contribution in [3.63, 3.8) is 0 Å². The minimum atomic E-state index is -0.585. The van der Waals surface area contributed by atoms with E-state index in [9.17, 15) is 14.4 Å². The molecule has 2 N–H and O–H groups in total. The maximum atomic E-state index is 13.6. The normalized spacial score (nSPS) is 10.7. The van der Waals surface area contributed by atoms with Crippen LogP contribution in [-0.4, -0.2) is 22.8 Å². The Labute approximate surface area is 172 Å². The average Bonchev–Trinajstić information content (AvgIpc) is 2.75. The third kappa shape index (κ3) is 5.08. The van der Waals surface area contributed by atoms with Gasteiger partial charge in [-0.05, 0) is 24.6 Å². The predicted octanol–water partition coefficient (Wildman–Crippen LogP) is 4.07. The van der Waals surface area contributed by atoms with Crippen LogP contribution < -0.4 is 15.7 Å². The van der Waals surface area contributed by atoms with E-state index in [2.05, 4.69) is 27.4 Å². The fourth-order valence-electron chi connectivity index (χ4n) is 2.68. The number of benzene rings is 2. The molecule has 0 amide bonds. The van der Waals surface area contributed by atoms with Crippen LogP contribution in [0.15, 0.2) is 58.4 Å². The second-order valence-corrected chi connectivity index (χ2v) is 6.37. The quantitative estimate of drug-likeness (QED) is 0.334. The number of ether oxygens (including phenoxy) is 1. The number of aromatic nitrogens is 2. The Hall–Kier alpha value is -3.99. The van der Waals surface area contributed by atoms with Crippen molar-refractivity contribution in [1.82, 2.24) is 9.97 Å². The summed E-state index contributed by atoms with van der Waals surface area (Å²) >= 11 is 0. The number of aromatic amines is 1. The molecular weight excluding hydrogens is 385 g/mol. The molecule has 7 nitrogen and oxygen atoms in total. The molecule has 152 valence electrons. The Morgan fingerprint density at radius 3 is 2.83 bits per heavy atom. The molecule has 2 aromatic carbocycles. The zero-order chi connectivity index (χ0) is 21.3. The Bertz CT molecular complexity index is 1140. The minimum absolute atomic E-state index is 0.0546. The Balaban J connectivity index is 1.85. The number of nitrogens with zero attached hydrogens (tertiary/aromatic N) is 3. The fraction of sp³-hybridized carbons (Fsp3) is 0.182. The van der Waals surface area contributed by atoms with Crippen molar-refractivity contribution >= 4 is 12.2 Å². The highest BCUT2D eigenvalue weighted by molar-refractivity contribution is 5.84. The lowest BCUT2D eigenvalue weighted by atomic mass is 10.1. The number of nitrogens with one attached hydrogen (secondary N) is 2. The fourth-order valence-corrected chi connectivity index (χ4v) is 2.68. The van der Waals surface area contributed by atoms with Crippen LogP contribution in [0, 0.1) is 17.1 Å². The van der Waals surface area contributed by atoms with Gasteiger partial charge < -0.3 is 4.74 Å². The van der Waals surface area contributed by atoms with E-state index in [1.165, 1.54) is 18.3 Å². The first-order valence-electron chi connectivity index (χ1n) is 9.43. The molecule has 3 rings (SSSR count). The summed E-state index contributed by atoms with van der Waals surface area (Å²) in [7, 11) is 0. The maximum absolute atomic E-state index is 13.6. The minimum Gasteiger partial charge on any atom is -0.493 e. The molecular formula is C22H20FN5O2. The number of rotatable bonds is 8. The molecule has 0 aliphatic rings. The number of halogens is 1. The van der Waals surface area contributed by atoms with Gasteiger partial charge in [-0.1, -0.05) is 43.7 Å². The van der Waals surface area contributed by atoms with Gasteiger partial charge in [0.1, 0.15) is 23.2 Å². The van der Waals surface area contributed by atoms with Crippen molar-refractivity contribution in [1.29, 1.82) is 5.26 Å². The van der Waals surface area contributed by atoms with E-state index in [4.69, 9.17) is 4.74 Å². The van der Waals surface area contributed by atoms with Crippen molar-refractivity contribution in [3.05, 3.63) is 75.8 Å². The largest absolute Gasteiger partial charge is 0.493 e. The van der Waals surface area contributed by atoms with Gasteiger partial charge in [0.25, 0.3) is 5.56 Å². The number of hydrogen-bond donors (Lipinski definition) is 2. The van der Waals surface area contributed by atoms with Crippen LogP contribution in [0.25, 0.3) is 11.3 Å². The van der Waals surface area contributed by atoms with Crippen LogP contribution in [0.3, 0.4) is 0 Å². The second-order valence-electron chi connectivity index (χ2n) is 6.37. The Morgan fingerprint density at radius 1 is 1.30 bits per heavy atom. The molecule has 0 aliphatic heterocycles. The number of H-pyrrole nitrogens is 1. The molecule has 0 aliphatic carbocycles. The zero-order valence-corrected chi connectivity index (χ0v) is 16.4. The molecule has 0 spiro atoms. The van der Waals surface area contributed by atoms with E-state index in [0.29, 0.717) is 23.5 Å². The lowest BCUT2D eigenvalue weighted by Gasteiger charge is -2.09. The van der Waals surface area contributed by atoms with Gasteiger partial charge in [0.15, 0.2) is 0 Å². The van der Waals surface area contributed by atoms with Crippen molar-refractivity contribution in [2.75, 3.05) is 12.0 Å². The van der Waals surface area contributed by atoms with E-state index in [1.54, 1.807) is 30.3 Å². The van der Waals surface area contributed by atoms with E-state index in [-0.39, 0.29) is 17.2 Å². The topological polar surface area (TPSA) is 103 Å². The van der Waals surface area contributed by atoms with Crippen molar-refractivity contribution in [2.45, 2.75) is 19.8 Å². The van der Waals surface area contributed by atoms with Crippen molar-refractivity contribution < 1.29 is 9.13 Å². The summed E-state index contributed by atoms with van der Waals surface area (Å²) in [6.45, 7) is 2.57. The smallest absolute Gasteiger partial charge is 0.270 e. The van der Waals surface area contributed by atoms with Gasteiger partial charge in [0, 0.05) is 11.1 Å².